The lowest BCUT2D eigenvalue weighted by Crippen LogP contribution is -2.72. The molecule has 154 valence electrons. The van der Waals surface area contributed by atoms with E-state index in [0.717, 1.165) is 26.1 Å². The summed E-state index contributed by atoms with van der Waals surface area (Å²) in [7, 11) is 1.96. The van der Waals surface area contributed by atoms with Gasteiger partial charge in [0.2, 0.25) is 0 Å². The average Bonchev–Trinajstić information content (AvgIpc) is 2.96. The Bertz CT molecular complexity index is 533. The van der Waals surface area contributed by atoms with Crippen molar-refractivity contribution in [2.45, 2.75) is 75.0 Å². The SMILES string of the molecule is CNC1NC(NC2CC3CCOC3C(C3=CCNCCC3)C2)NC(C)C1Cl. The number of halogens is 1. The Kier molecular flexibility index (Phi) is 6.75. The van der Waals surface area contributed by atoms with Crippen LogP contribution in [0.3, 0.4) is 0 Å². The molecule has 0 bridgehead atoms. The van der Waals surface area contributed by atoms with Crippen LogP contribution in [0.25, 0.3) is 0 Å². The second kappa shape index (κ2) is 9.08. The molecular formula is C20H36ClN5O. The van der Waals surface area contributed by atoms with Crippen LogP contribution in [0.2, 0.25) is 0 Å². The first-order valence-corrected chi connectivity index (χ1v) is 11.2. The van der Waals surface area contributed by atoms with Crippen molar-refractivity contribution in [3.63, 3.8) is 0 Å². The number of alkyl halides is 1. The van der Waals surface area contributed by atoms with Crippen molar-refractivity contribution in [3.05, 3.63) is 11.6 Å². The number of rotatable bonds is 4. The fraction of sp³-hybridized carbons (Fsp3) is 0.900. The highest BCUT2D eigenvalue weighted by Crippen LogP contribution is 2.42. The molecule has 8 atom stereocenters. The van der Waals surface area contributed by atoms with Crippen molar-refractivity contribution in [1.82, 2.24) is 26.6 Å². The molecule has 27 heavy (non-hydrogen) atoms. The maximum absolute atomic E-state index is 6.51. The van der Waals surface area contributed by atoms with Crippen LogP contribution in [0.5, 0.6) is 0 Å². The van der Waals surface area contributed by atoms with E-state index in [9.17, 15) is 0 Å². The minimum atomic E-state index is 0.0309. The van der Waals surface area contributed by atoms with Crippen molar-refractivity contribution >= 4 is 11.6 Å². The van der Waals surface area contributed by atoms with Gasteiger partial charge in [-0.3, -0.25) is 16.0 Å². The number of fused-ring (bicyclic) bond motifs is 1. The highest BCUT2D eigenvalue weighted by atomic mass is 35.5. The topological polar surface area (TPSA) is 69.4 Å². The summed E-state index contributed by atoms with van der Waals surface area (Å²) in [6, 6.07) is 0.747. The fourth-order valence-corrected chi connectivity index (χ4v) is 5.72. The van der Waals surface area contributed by atoms with Crippen LogP contribution in [0.1, 0.15) is 39.0 Å². The largest absolute Gasteiger partial charge is 0.377 e. The highest BCUT2D eigenvalue weighted by molar-refractivity contribution is 6.21. The van der Waals surface area contributed by atoms with Crippen LogP contribution in [0, 0.1) is 11.8 Å². The van der Waals surface area contributed by atoms with Gasteiger partial charge in [0.15, 0.2) is 0 Å². The summed E-state index contributed by atoms with van der Waals surface area (Å²) in [5.74, 6) is 1.24. The summed E-state index contributed by atoms with van der Waals surface area (Å²) in [4.78, 5) is 0. The van der Waals surface area contributed by atoms with Crippen molar-refractivity contribution < 1.29 is 4.74 Å². The number of nitrogens with one attached hydrogen (secondary N) is 5. The van der Waals surface area contributed by atoms with E-state index >= 15 is 0 Å². The molecule has 3 fully saturated rings. The summed E-state index contributed by atoms with van der Waals surface area (Å²) in [6.07, 6.45) is 9.08. The summed E-state index contributed by atoms with van der Waals surface area (Å²) in [5, 5.41) is 17.8. The first-order valence-electron chi connectivity index (χ1n) is 10.8. The lowest BCUT2D eigenvalue weighted by molar-refractivity contribution is 0.0178. The van der Waals surface area contributed by atoms with Gasteiger partial charge in [-0.05, 0) is 58.5 Å². The maximum Gasteiger partial charge on any atom is 0.113 e. The number of hydrogen-bond acceptors (Lipinski definition) is 6. The van der Waals surface area contributed by atoms with Crippen LogP contribution in [0.15, 0.2) is 11.6 Å². The summed E-state index contributed by atoms with van der Waals surface area (Å²) in [5.41, 5.74) is 1.62. The van der Waals surface area contributed by atoms with Gasteiger partial charge in [0.05, 0.1) is 17.6 Å². The molecule has 0 amide bonds. The van der Waals surface area contributed by atoms with E-state index in [1.165, 1.54) is 25.7 Å². The zero-order valence-electron chi connectivity index (χ0n) is 16.6. The molecule has 8 unspecified atom stereocenters. The Morgan fingerprint density at radius 3 is 3.00 bits per heavy atom. The molecule has 0 aromatic carbocycles. The molecule has 0 radical (unpaired) electrons. The normalized spacial score (nSPS) is 45.8. The minimum absolute atomic E-state index is 0.0309. The molecule has 5 N–H and O–H groups in total. The van der Waals surface area contributed by atoms with E-state index in [-0.39, 0.29) is 23.9 Å². The lowest BCUT2D eigenvalue weighted by atomic mass is 9.72. The first kappa shape index (κ1) is 20.1. The highest BCUT2D eigenvalue weighted by Gasteiger charge is 2.44. The molecule has 0 aromatic rings. The summed E-state index contributed by atoms with van der Waals surface area (Å²) >= 11 is 6.51. The van der Waals surface area contributed by atoms with E-state index in [4.69, 9.17) is 16.3 Å². The second-order valence-corrected chi connectivity index (χ2v) is 9.18. The zero-order valence-corrected chi connectivity index (χ0v) is 17.4. The predicted molar refractivity (Wildman–Crippen MR) is 110 cm³/mol. The fourth-order valence-electron chi connectivity index (χ4n) is 5.45. The molecule has 0 spiro atoms. The van der Waals surface area contributed by atoms with Crippen LogP contribution in [-0.4, -0.2) is 62.8 Å². The van der Waals surface area contributed by atoms with Crippen LogP contribution in [0.4, 0.5) is 0 Å². The molecule has 0 aromatic heterocycles. The minimum Gasteiger partial charge on any atom is -0.377 e. The van der Waals surface area contributed by atoms with Gasteiger partial charge < -0.3 is 15.4 Å². The Morgan fingerprint density at radius 1 is 1.26 bits per heavy atom. The molecule has 6 nitrogen and oxygen atoms in total. The van der Waals surface area contributed by atoms with Gasteiger partial charge in [-0.15, -0.1) is 11.6 Å². The third-order valence-corrected chi connectivity index (χ3v) is 7.50. The van der Waals surface area contributed by atoms with Gasteiger partial charge in [0.1, 0.15) is 6.29 Å². The second-order valence-electron chi connectivity index (χ2n) is 8.68. The quantitative estimate of drug-likeness (QED) is 0.361. The zero-order chi connectivity index (χ0) is 18.8. The maximum atomic E-state index is 6.51. The van der Waals surface area contributed by atoms with E-state index in [2.05, 4.69) is 39.6 Å². The average molecular weight is 398 g/mol. The Balaban J connectivity index is 1.43. The molecule has 1 aliphatic carbocycles. The van der Waals surface area contributed by atoms with E-state index in [1.807, 2.05) is 7.05 Å². The first-order chi connectivity index (χ1) is 13.2. The van der Waals surface area contributed by atoms with Crippen molar-refractivity contribution in [3.8, 4) is 0 Å². The van der Waals surface area contributed by atoms with Crippen molar-refractivity contribution in [1.29, 1.82) is 0 Å². The number of hydrogen-bond donors (Lipinski definition) is 5. The van der Waals surface area contributed by atoms with Crippen molar-refractivity contribution in [2.75, 3.05) is 26.7 Å². The molecule has 7 heteroatoms. The monoisotopic (exact) mass is 397 g/mol. The van der Waals surface area contributed by atoms with Crippen LogP contribution in [-0.2, 0) is 4.74 Å². The van der Waals surface area contributed by atoms with Gasteiger partial charge in [-0.1, -0.05) is 11.6 Å². The third kappa shape index (κ3) is 4.53. The lowest BCUT2D eigenvalue weighted by Gasteiger charge is -2.44. The van der Waals surface area contributed by atoms with Crippen LogP contribution >= 0.6 is 11.6 Å². The summed E-state index contributed by atoms with van der Waals surface area (Å²) in [6.45, 7) is 5.22. The smallest absolute Gasteiger partial charge is 0.113 e. The molecule has 3 aliphatic heterocycles. The van der Waals surface area contributed by atoms with Crippen LogP contribution < -0.4 is 26.6 Å². The van der Waals surface area contributed by atoms with E-state index in [1.54, 1.807) is 5.57 Å². The molecule has 3 heterocycles. The Hall–Kier alpha value is -0.210. The Morgan fingerprint density at radius 2 is 2.15 bits per heavy atom. The molecular weight excluding hydrogens is 362 g/mol. The summed E-state index contributed by atoms with van der Waals surface area (Å²) < 4.78 is 6.22. The van der Waals surface area contributed by atoms with Gasteiger partial charge in [0.25, 0.3) is 0 Å². The standard InChI is InChI=1S/C20H36ClN5O/c1-12-17(21)19(22-2)26-20(24-12)25-15-10-14-6-9-27-18(14)16(11-15)13-4-3-7-23-8-5-13/h5,12,14-20,22-26H,3-4,6-11H2,1-2H3. The number of ether oxygens (including phenoxy) is 1. The van der Waals surface area contributed by atoms with Crippen molar-refractivity contribution in [2.24, 2.45) is 11.8 Å². The Labute approximate surface area is 168 Å². The van der Waals surface area contributed by atoms with Gasteiger partial charge >= 0.3 is 0 Å². The van der Waals surface area contributed by atoms with Gasteiger partial charge in [-0.25, -0.2) is 0 Å². The van der Waals surface area contributed by atoms with E-state index < -0.39 is 0 Å². The molecule has 2 saturated heterocycles. The molecule has 4 aliphatic rings. The van der Waals surface area contributed by atoms with Gasteiger partial charge in [0, 0.05) is 31.2 Å². The molecule has 1 saturated carbocycles. The predicted octanol–water partition coefficient (Wildman–Crippen LogP) is 1.09. The molecule has 4 rings (SSSR count). The third-order valence-electron chi connectivity index (χ3n) is 6.87. The van der Waals surface area contributed by atoms with Gasteiger partial charge in [-0.2, -0.15) is 0 Å². The van der Waals surface area contributed by atoms with E-state index in [0.29, 0.717) is 24.0 Å².